The molecule has 0 aliphatic carbocycles. The normalized spacial score (nSPS) is 10.0. The van der Waals surface area contributed by atoms with Gasteiger partial charge < -0.3 is 0 Å². The molecule has 0 saturated carbocycles. The lowest BCUT2D eigenvalue weighted by atomic mass is 10.1. The molecule has 0 bridgehead atoms. The van der Waals surface area contributed by atoms with Gasteiger partial charge in [0, 0.05) is 0 Å². The average molecular weight is 87.9 g/mol. The molecule has 0 heterocycles. The zero-order chi connectivity index (χ0) is 4.12. The SMILES string of the molecule is CCBPC. The van der Waals surface area contributed by atoms with Gasteiger partial charge in [-0.15, -0.1) is 0 Å². The van der Waals surface area contributed by atoms with Crippen molar-refractivity contribution in [1.29, 1.82) is 0 Å². The van der Waals surface area contributed by atoms with Gasteiger partial charge in [-0.25, -0.2) is 0 Å². The van der Waals surface area contributed by atoms with Crippen LogP contribution in [0.15, 0.2) is 0 Å². The van der Waals surface area contributed by atoms with Gasteiger partial charge in [0.25, 0.3) is 0 Å². The van der Waals surface area contributed by atoms with E-state index in [4.69, 9.17) is 0 Å². The van der Waals surface area contributed by atoms with E-state index in [1.807, 2.05) is 0 Å². The zero-order valence-electron chi connectivity index (χ0n) is 3.91. The Hall–Kier alpha value is 0.495. The van der Waals surface area contributed by atoms with Crippen LogP contribution in [0.25, 0.3) is 0 Å². The molecule has 0 aliphatic rings. The lowest BCUT2D eigenvalue weighted by Gasteiger charge is -1.76. The highest BCUT2D eigenvalue weighted by molar-refractivity contribution is 7.70. The fourth-order valence-electron chi connectivity index (χ4n) is 0.250. The Balaban J connectivity index is 2.19. The van der Waals surface area contributed by atoms with Gasteiger partial charge in [-0.3, -0.25) is 0 Å². The molecular weight excluding hydrogens is 77.8 g/mol. The molecule has 0 saturated heterocycles. The van der Waals surface area contributed by atoms with Gasteiger partial charge in [-0.2, -0.15) is 8.46 Å². The van der Waals surface area contributed by atoms with Gasteiger partial charge in [-0.05, 0) is 0 Å². The highest BCUT2D eigenvalue weighted by atomic mass is 31.1. The topological polar surface area (TPSA) is 0 Å². The maximum atomic E-state index is 2.24. The molecule has 0 radical (unpaired) electrons. The molecular formula is C3H10BP. The van der Waals surface area contributed by atoms with E-state index in [0.29, 0.717) is 0 Å². The summed E-state index contributed by atoms with van der Waals surface area (Å²) < 4.78 is 0. The molecule has 2 heteroatoms. The van der Waals surface area contributed by atoms with E-state index >= 15 is 0 Å². The third-order valence-corrected chi connectivity index (χ3v) is 1.50. The van der Waals surface area contributed by atoms with E-state index in [9.17, 15) is 0 Å². The summed E-state index contributed by atoms with van der Waals surface area (Å²) in [5.74, 6) is 0. The minimum Gasteiger partial charge on any atom is -0.163 e. The summed E-state index contributed by atoms with van der Waals surface area (Å²) in [6.07, 6.45) is 1.36. The highest BCUT2D eigenvalue weighted by Gasteiger charge is 1.72. The van der Waals surface area contributed by atoms with Crippen molar-refractivity contribution in [2.75, 3.05) is 6.66 Å². The van der Waals surface area contributed by atoms with Gasteiger partial charge in [-0.1, -0.05) is 19.9 Å². The molecule has 0 aromatic rings. The Labute approximate surface area is 36.3 Å². The quantitative estimate of drug-likeness (QED) is 0.350. The van der Waals surface area contributed by atoms with Crippen LogP contribution in [0.5, 0.6) is 0 Å². The standard InChI is InChI=1S/C3H10BP/c1-3-4-5-2/h4-5H,3H2,1-2H3. The van der Waals surface area contributed by atoms with Crippen LogP contribution >= 0.6 is 8.46 Å². The van der Waals surface area contributed by atoms with E-state index in [-0.39, 0.29) is 0 Å². The number of hydrogen-bond acceptors (Lipinski definition) is 0. The Kier molecular flexibility index (Phi) is 4.94. The maximum Gasteiger partial charge on any atom is 0.148 e. The monoisotopic (exact) mass is 88.1 g/mol. The van der Waals surface area contributed by atoms with Crippen molar-refractivity contribution in [3.63, 3.8) is 0 Å². The molecule has 0 rings (SSSR count). The second kappa shape index (κ2) is 4.49. The minimum atomic E-state index is 1.16. The van der Waals surface area contributed by atoms with Crippen molar-refractivity contribution in [3.05, 3.63) is 0 Å². The molecule has 0 aromatic heterocycles. The summed E-state index contributed by atoms with van der Waals surface area (Å²) in [5, 5.41) is 0. The van der Waals surface area contributed by atoms with Crippen LogP contribution in [0.1, 0.15) is 6.92 Å². The summed E-state index contributed by atoms with van der Waals surface area (Å²) in [6, 6.07) is 0. The highest BCUT2D eigenvalue weighted by Crippen LogP contribution is 1.98. The molecule has 5 heavy (non-hydrogen) atoms. The fourth-order valence-corrected chi connectivity index (χ4v) is 0.750. The van der Waals surface area contributed by atoms with Gasteiger partial charge in [0.15, 0.2) is 0 Å². The van der Waals surface area contributed by atoms with E-state index in [1.165, 1.54) is 13.3 Å². The summed E-state index contributed by atoms with van der Waals surface area (Å²) in [7, 11) is 1.16. The third kappa shape index (κ3) is 4.49. The second-order valence-corrected chi connectivity index (χ2v) is 2.31. The lowest BCUT2D eigenvalue weighted by Crippen LogP contribution is -1.67. The van der Waals surface area contributed by atoms with Crippen LogP contribution in [-0.4, -0.2) is 13.7 Å². The number of hydrogen-bond donors (Lipinski definition) is 0. The van der Waals surface area contributed by atoms with Crippen LogP contribution in [0, 0.1) is 0 Å². The largest absolute Gasteiger partial charge is 0.163 e. The molecule has 0 aliphatic heterocycles. The first-order valence-corrected chi connectivity index (χ1v) is 3.77. The second-order valence-electron chi connectivity index (χ2n) is 1.10. The fraction of sp³-hybridized carbons (Fsp3) is 1.00. The molecule has 0 N–H and O–H groups in total. The molecule has 0 spiro atoms. The van der Waals surface area contributed by atoms with Crippen molar-refractivity contribution < 1.29 is 0 Å². The van der Waals surface area contributed by atoms with E-state index in [0.717, 1.165) is 8.46 Å². The molecule has 30 valence electrons. The third-order valence-electron chi connectivity index (χ3n) is 0.500. The minimum absolute atomic E-state index is 1.16. The molecule has 0 amide bonds. The molecule has 0 aromatic carbocycles. The van der Waals surface area contributed by atoms with Crippen molar-refractivity contribution >= 4 is 15.5 Å². The van der Waals surface area contributed by atoms with E-state index in [2.05, 4.69) is 13.6 Å². The van der Waals surface area contributed by atoms with Crippen molar-refractivity contribution in [2.24, 2.45) is 0 Å². The first kappa shape index (κ1) is 5.49. The number of rotatable bonds is 2. The predicted octanol–water partition coefficient (Wildman–Crippen LogP) is 1.08. The summed E-state index contributed by atoms with van der Waals surface area (Å²) >= 11 is 0. The van der Waals surface area contributed by atoms with E-state index < -0.39 is 0 Å². The average Bonchev–Trinajstić information content (AvgIpc) is 1.41. The maximum absolute atomic E-state index is 2.24. The van der Waals surface area contributed by atoms with Crippen LogP contribution in [0.2, 0.25) is 6.32 Å². The summed E-state index contributed by atoms with van der Waals surface area (Å²) in [5.41, 5.74) is 0. The van der Waals surface area contributed by atoms with Crippen LogP contribution in [0.3, 0.4) is 0 Å². The first-order chi connectivity index (χ1) is 2.41. The van der Waals surface area contributed by atoms with Crippen LogP contribution < -0.4 is 0 Å². The zero-order valence-corrected chi connectivity index (χ0v) is 4.91. The Morgan fingerprint density at radius 3 is 2.40 bits per heavy atom. The Morgan fingerprint density at radius 1 is 1.80 bits per heavy atom. The lowest BCUT2D eigenvalue weighted by molar-refractivity contribution is 1.47. The van der Waals surface area contributed by atoms with Gasteiger partial charge >= 0.3 is 0 Å². The molecule has 0 nitrogen and oxygen atoms in total. The predicted molar refractivity (Wildman–Crippen MR) is 31.9 cm³/mol. The Bertz CT molecular complexity index is 14.4. The van der Waals surface area contributed by atoms with Crippen molar-refractivity contribution in [3.8, 4) is 0 Å². The van der Waals surface area contributed by atoms with Crippen LogP contribution in [-0.2, 0) is 0 Å². The first-order valence-electron chi connectivity index (χ1n) is 2.06. The molecule has 1 unspecified atom stereocenters. The molecule has 0 fully saturated rings. The summed E-state index contributed by atoms with van der Waals surface area (Å²) in [6.45, 7) is 5.88. The van der Waals surface area contributed by atoms with Crippen LogP contribution in [0.4, 0.5) is 0 Å². The Morgan fingerprint density at radius 2 is 2.40 bits per heavy atom. The van der Waals surface area contributed by atoms with Crippen molar-refractivity contribution in [1.82, 2.24) is 0 Å². The van der Waals surface area contributed by atoms with Crippen molar-refractivity contribution in [2.45, 2.75) is 13.2 Å². The summed E-state index contributed by atoms with van der Waals surface area (Å²) in [4.78, 5) is 0. The molecule has 1 atom stereocenters. The van der Waals surface area contributed by atoms with E-state index in [1.54, 1.807) is 0 Å². The van der Waals surface area contributed by atoms with Gasteiger partial charge in [0.05, 0.1) is 0 Å². The smallest absolute Gasteiger partial charge is 0.148 e. The van der Waals surface area contributed by atoms with Gasteiger partial charge in [0.2, 0.25) is 0 Å². The van der Waals surface area contributed by atoms with Gasteiger partial charge in [0.1, 0.15) is 7.00 Å².